The summed E-state index contributed by atoms with van der Waals surface area (Å²) in [7, 11) is 4.44. The molecule has 2 N–H and O–H groups in total. The van der Waals surface area contributed by atoms with Crippen molar-refractivity contribution >= 4 is 17.6 Å². The normalized spacial score (nSPS) is 11.3. The van der Waals surface area contributed by atoms with Crippen molar-refractivity contribution in [1.29, 1.82) is 10.8 Å². The number of ketones is 1. The highest BCUT2D eigenvalue weighted by atomic mass is 16.5. The van der Waals surface area contributed by atoms with Crippen molar-refractivity contribution in [2.45, 2.75) is 13.0 Å². The average molecular weight is 460 g/mol. The molecule has 2 aromatic carbocycles. The summed E-state index contributed by atoms with van der Waals surface area (Å²) in [5.74, 6) is 3.37. The molecule has 8 nitrogen and oxygen atoms in total. The third-order valence-electron chi connectivity index (χ3n) is 4.99. The summed E-state index contributed by atoms with van der Waals surface area (Å²) in [6.45, 7) is 1.44. The second-order valence-corrected chi connectivity index (χ2v) is 7.15. The van der Waals surface area contributed by atoms with E-state index >= 15 is 0 Å². The summed E-state index contributed by atoms with van der Waals surface area (Å²) in [4.78, 5) is 13.1. The minimum absolute atomic E-state index is 0.0863. The Morgan fingerprint density at radius 3 is 2.12 bits per heavy atom. The van der Waals surface area contributed by atoms with Crippen LogP contribution in [-0.4, -0.2) is 38.9 Å². The largest absolute Gasteiger partial charge is 0.495 e. The number of hydrogen-bond acceptors (Lipinski definition) is 8. The van der Waals surface area contributed by atoms with E-state index in [9.17, 15) is 4.79 Å². The first kappa shape index (κ1) is 24.3. The molecule has 3 aromatic rings. The summed E-state index contributed by atoms with van der Waals surface area (Å²) in [5, 5.41) is 15.2. The summed E-state index contributed by atoms with van der Waals surface area (Å²) < 4.78 is 27.0. The number of carbonyl (C=O) groups is 1. The SMILES string of the molecule is C#Cc1c(OC)cc(-c2ccc(C(=O)C(OC)c3ccc(C(=N)OC(C)=N)cc3)o2)cc1OC. The van der Waals surface area contributed by atoms with E-state index in [1.54, 1.807) is 48.5 Å². The van der Waals surface area contributed by atoms with Crippen molar-refractivity contribution in [1.82, 2.24) is 0 Å². The molecule has 0 bridgehead atoms. The Morgan fingerprint density at radius 1 is 1.00 bits per heavy atom. The molecular formula is C26H24N2O6. The fourth-order valence-corrected chi connectivity index (χ4v) is 3.37. The molecule has 3 rings (SSSR count). The first-order valence-corrected chi connectivity index (χ1v) is 10.1. The second kappa shape index (κ2) is 10.5. The number of furan rings is 1. The van der Waals surface area contributed by atoms with E-state index in [4.69, 9.17) is 40.6 Å². The van der Waals surface area contributed by atoms with Gasteiger partial charge >= 0.3 is 0 Å². The zero-order chi connectivity index (χ0) is 24.8. The summed E-state index contributed by atoms with van der Waals surface area (Å²) in [6.07, 6.45) is 4.65. The summed E-state index contributed by atoms with van der Waals surface area (Å²) >= 11 is 0. The second-order valence-electron chi connectivity index (χ2n) is 7.15. The Hall–Kier alpha value is -4.35. The van der Waals surface area contributed by atoms with Gasteiger partial charge in [0, 0.05) is 25.2 Å². The van der Waals surface area contributed by atoms with Crippen molar-refractivity contribution in [3.05, 3.63) is 71.0 Å². The zero-order valence-electron chi connectivity index (χ0n) is 19.2. The molecule has 34 heavy (non-hydrogen) atoms. The van der Waals surface area contributed by atoms with E-state index in [1.165, 1.54) is 28.3 Å². The molecule has 8 heteroatoms. The lowest BCUT2D eigenvalue weighted by atomic mass is 10.0. The van der Waals surface area contributed by atoms with Crippen molar-refractivity contribution in [3.63, 3.8) is 0 Å². The summed E-state index contributed by atoms with van der Waals surface area (Å²) in [6, 6.07) is 13.2. The molecule has 0 radical (unpaired) electrons. The van der Waals surface area contributed by atoms with Gasteiger partial charge in [0.2, 0.25) is 11.7 Å². The standard InChI is InChI=1S/C26H24N2O6/c1-6-19-22(30-3)13-18(14-23(19)31-4)20-11-12-21(34-20)24(29)25(32-5)16-7-9-17(10-8-16)26(28)33-15(2)27/h1,7-14,25,27-28H,2-5H3. The minimum Gasteiger partial charge on any atom is -0.495 e. The van der Waals surface area contributed by atoms with E-state index in [0.717, 1.165) is 0 Å². The molecule has 0 saturated heterocycles. The Kier molecular flexibility index (Phi) is 7.51. The molecule has 1 unspecified atom stereocenters. The first-order chi connectivity index (χ1) is 16.3. The van der Waals surface area contributed by atoms with Crippen LogP contribution in [0, 0.1) is 23.2 Å². The van der Waals surface area contributed by atoms with E-state index in [-0.39, 0.29) is 23.3 Å². The predicted octanol–water partition coefficient (Wildman–Crippen LogP) is 4.85. The first-order valence-electron chi connectivity index (χ1n) is 10.1. The lowest BCUT2D eigenvalue weighted by Gasteiger charge is -2.14. The molecule has 0 fully saturated rings. The number of ether oxygens (including phenoxy) is 4. The van der Waals surface area contributed by atoms with Crippen LogP contribution in [0.15, 0.2) is 52.9 Å². The average Bonchev–Trinajstić information content (AvgIpc) is 3.34. The number of benzene rings is 2. The number of rotatable bonds is 8. The molecular weight excluding hydrogens is 436 g/mol. The van der Waals surface area contributed by atoms with Crippen LogP contribution in [0.3, 0.4) is 0 Å². The fourth-order valence-electron chi connectivity index (χ4n) is 3.37. The number of methoxy groups -OCH3 is 3. The number of terminal acetylenes is 1. The monoisotopic (exact) mass is 460 g/mol. The molecule has 174 valence electrons. The highest BCUT2D eigenvalue weighted by Crippen LogP contribution is 2.36. The van der Waals surface area contributed by atoms with Gasteiger partial charge in [-0.15, -0.1) is 6.42 Å². The van der Waals surface area contributed by atoms with Crippen LogP contribution in [0.2, 0.25) is 0 Å². The van der Waals surface area contributed by atoms with Crippen molar-refractivity contribution in [2.24, 2.45) is 0 Å². The van der Waals surface area contributed by atoms with Gasteiger partial charge in [0.05, 0.1) is 14.2 Å². The Balaban J connectivity index is 1.87. The van der Waals surface area contributed by atoms with Crippen LogP contribution in [0.5, 0.6) is 11.5 Å². The fraction of sp³-hybridized carbons (Fsp3) is 0.192. The topological polar surface area (TPSA) is 115 Å². The van der Waals surface area contributed by atoms with Gasteiger partial charge in [-0.3, -0.25) is 15.6 Å². The molecule has 0 aliphatic rings. The number of Topliss-reactive ketones (excluding diaryl/α,β-unsaturated/α-hetero) is 1. The molecule has 1 heterocycles. The van der Waals surface area contributed by atoms with Gasteiger partial charge in [-0.25, -0.2) is 0 Å². The lowest BCUT2D eigenvalue weighted by molar-refractivity contribution is 0.0577. The van der Waals surface area contributed by atoms with E-state index in [2.05, 4.69) is 5.92 Å². The Morgan fingerprint density at radius 2 is 1.62 bits per heavy atom. The van der Waals surface area contributed by atoms with Gasteiger partial charge in [0.15, 0.2) is 11.7 Å². The number of hydrogen-bond donors (Lipinski definition) is 2. The van der Waals surface area contributed by atoms with E-state index in [0.29, 0.717) is 39.5 Å². The predicted molar refractivity (Wildman–Crippen MR) is 127 cm³/mol. The maximum atomic E-state index is 13.1. The van der Waals surface area contributed by atoms with E-state index < -0.39 is 6.10 Å². The van der Waals surface area contributed by atoms with Crippen molar-refractivity contribution in [2.75, 3.05) is 21.3 Å². The van der Waals surface area contributed by atoms with Crippen LogP contribution in [0.4, 0.5) is 0 Å². The van der Waals surface area contributed by atoms with Gasteiger partial charge in [0.25, 0.3) is 0 Å². The smallest absolute Gasteiger partial charge is 0.231 e. The van der Waals surface area contributed by atoms with E-state index in [1.807, 2.05) is 0 Å². The van der Waals surface area contributed by atoms with Crippen molar-refractivity contribution < 1.29 is 28.2 Å². The quantitative estimate of drug-likeness (QED) is 0.215. The third-order valence-corrected chi connectivity index (χ3v) is 4.99. The summed E-state index contributed by atoms with van der Waals surface area (Å²) in [5.41, 5.74) is 2.16. The van der Waals surface area contributed by atoms with Gasteiger partial charge in [-0.05, 0) is 42.0 Å². The highest BCUT2D eigenvalue weighted by Gasteiger charge is 2.25. The molecule has 0 amide bonds. The zero-order valence-corrected chi connectivity index (χ0v) is 19.2. The molecule has 1 aromatic heterocycles. The maximum Gasteiger partial charge on any atom is 0.231 e. The molecule has 0 saturated carbocycles. The number of carbonyl (C=O) groups excluding carboxylic acids is 1. The Labute approximate surface area is 197 Å². The minimum atomic E-state index is -0.916. The maximum absolute atomic E-state index is 13.1. The van der Waals surface area contributed by atoms with Crippen LogP contribution < -0.4 is 9.47 Å². The molecule has 0 aliphatic carbocycles. The van der Waals surface area contributed by atoms with Gasteiger partial charge in [-0.1, -0.05) is 18.1 Å². The van der Waals surface area contributed by atoms with Crippen LogP contribution >= 0.6 is 0 Å². The lowest BCUT2D eigenvalue weighted by Crippen LogP contribution is -2.15. The Bertz CT molecular complexity index is 1240. The van der Waals surface area contributed by atoms with Gasteiger partial charge in [0.1, 0.15) is 28.9 Å². The molecule has 1 atom stereocenters. The van der Waals surface area contributed by atoms with Crippen LogP contribution in [-0.2, 0) is 9.47 Å². The molecule has 0 aliphatic heterocycles. The van der Waals surface area contributed by atoms with Gasteiger partial charge < -0.3 is 23.4 Å². The van der Waals surface area contributed by atoms with Crippen LogP contribution in [0.25, 0.3) is 11.3 Å². The number of nitrogens with one attached hydrogen (secondary N) is 2. The molecule has 0 spiro atoms. The van der Waals surface area contributed by atoms with Gasteiger partial charge in [-0.2, -0.15) is 0 Å². The van der Waals surface area contributed by atoms with Crippen molar-refractivity contribution in [3.8, 4) is 35.2 Å². The highest BCUT2D eigenvalue weighted by molar-refractivity contribution is 6.00. The third kappa shape index (κ3) is 5.00. The van der Waals surface area contributed by atoms with Crippen LogP contribution in [0.1, 0.15) is 40.3 Å².